The highest BCUT2D eigenvalue weighted by Crippen LogP contribution is 2.33. The molecule has 5 nitrogen and oxygen atoms in total. The van der Waals surface area contributed by atoms with E-state index < -0.39 is 26.4 Å². The molecule has 0 fully saturated rings. The average molecular weight is 321 g/mol. The molecule has 0 unspecified atom stereocenters. The van der Waals surface area contributed by atoms with Crippen molar-refractivity contribution in [3.05, 3.63) is 47.5 Å². The number of aryl methyl sites for hydroxylation is 1. The molecule has 3 N–H and O–H groups in total. The van der Waals surface area contributed by atoms with E-state index in [1.54, 1.807) is 13.0 Å². The molecule has 0 atom stereocenters. The summed E-state index contributed by atoms with van der Waals surface area (Å²) >= 11 is 0. The molecule has 0 aliphatic rings. The van der Waals surface area contributed by atoms with Crippen LogP contribution in [-0.4, -0.2) is 18.6 Å². The van der Waals surface area contributed by atoms with Crippen LogP contribution >= 0.6 is 0 Å². The molecule has 0 aliphatic heterocycles. The second-order valence-corrected chi connectivity index (χ2v) is 7.08. The molecule has 0 saturated heterocycles. The minimum absolute atomic E-state index is 0.339. The van der Waals surface area contributed by atoms with Gasteiger partial charge in [-0.2, -0.15) is 0 Å². The molecule has 2 aromatic rings. The Kier molecular flexibility index (Phi) is 4.32. The number of phenolic OH excluding ortho intramolecular Hbond substituents is 2. The van der Waals surface area contributed by atoms with E-state index in [1.165, 1.54) is 18.2 Å². The van der Waals surface area contributed by atoms with Crippen molar-refractivity contribution in [2.75, 3.05) is 4.72 Å². The van der Waals surface area contributed by atoms with E-state index in [1.807, 2.05) is 12.1 Å². The van der Waals surface area contributed by atoms with Gasteiger partial charge in [0.1, 0.15) is 11.5 Å². The van der Waals surface area contributed by atoms with Gasteiger partial charge in [0.15, 0.2) is 4.90 Å². The zero-order chi connectivity index (χ0) is 16.5. The number of benzene rings is 2. The van der Waals surface area contributed by atoms with Crippen molar-refractivity contribution in [1.29, 1.82) is 0 Å². The number of sulfonamides is 1. The Hall–Kier alpha value is -2.21. The number of rotatable bonds is 4. The molecule has 0 heterocycles. The van der Waals surface area contributed by atoms with Gasteiger partial charge in [-0.1, -0.05) is 32.0 Å². The van der Waals surface area contributed by atoms with Gasteiger partial charge in [-0.3, -0.25) is 4.72 Å². The first-order chi connectivity index (χ1) is 10.2. The first kappa shape index (κ1) is 16.2. The van der Waals surface area contributed by atoms with Gasteiger partial charge in [0.2, 0.25) is 0 Å². The fourth-order valence-corrected chi connectivity index (χ4v) is 3.45. The second-order valence-electron chi connectivity index (χ2n) is 5.46. The van der Waals surface area contributed by atoms with E-state index >= 15 is 0 Å². The van der Waals surface area contributed by atoms with Crippen LogP contribution in [0.5, 0.6) is 11.5 Å². The van der Waals surface area contributed by atoms with Gasteiger partial charge >= 0.3 is 0 Å². The first-order valence-electron chi connectivity index (χ1n) is 6.86. The number of phenols is 2. The quantitative estimate of drug-likeness (QED) is 0.806. The van der Waals surface area contributed by atoms with Crippen LogP contribution < -0.4 is 4.72 Å². The molecule has 22 heavy (non-hydrogen) atoms. The van der Waals surface area contributed by atoms with E-state index in [0.29, 0.717) is 11.6 Å². The summed E-state index contributed by atoms with van der Waals surface area (Å²) < 4.78 is 27.2. The molecule has 0 radical (unpaired) electrons. The summed E-state index contributed by atoms with van der Waals surface area (Å²) in [7, 11) is -4.08. The molecule has 0 aliphatic carbocycles. The smallest absolute Gasteiger partial charge is 0.269 e. The minimum atomic E-state index is -4.08. The highest BCUT2D eigenvalue weighted by atomic mass is 32.2. The Labute approximate surface area is 130 Å². The standard InChI is InChI=1S/C16H19NO4S/c1-10(2)12-7-8-13(11(3)9-12)17-22(20,21)16-14(18)5-4-6-15(16)19/h4-10,17-19H,1-3H3. The summed E-state index contributed by atoms with van der Waals surface area (Å²) in [6.07, 6.45) is 0. The van der Waals surface area contributed by atoms with Crippen LogP contribution in [-0.2, 0) is 10.0 Å². The van der Waals surface area contributed by atoms with Crippen LogP contribution in [0.4, 0.5) is 5.69 Å². The van der Waals surface area contributed by atoms with E-state index in [-0.39, 0.29) is 0 Å². The molecule has 0 saturated carbocycles. The third-order valence-electron chi connectivity index (χ3n) is 3.40. The van der Waals surface area contributed by atoms with Gasteiger partial charge < -0.3 is 10.2 Å². The lowest BCUT2D eigenvalue weighted by molar-refractivity contribution is 0.423. The number of aromatic hydroxyl groups is 2. The van der Waals surface area contributed by atoms with Crippen molar-refractivity contribution >= 4 is 15.7 Å². The zero-order valence-electron chi connectivity index (χ0n) is 12.7. The third-order valence-corrected chi connectivity index (χ3v) is 4.85. The summed E-state index contributed by atoms with van der Waals surface area (Å²) in [6, 6.07) is 9.23. The number of hydrogen-bond donors (Lipinski definition) is 3. The third kappa shape index (κ3) is 3.17. The highest BCUT2D eigenvalue weighted by Gasteiger charge is 2.23. The van der Waals surface area contributed by atoms with E-state index in [9.17, 15) is 18.6 Å². The van der Waals surface area contributed by atoms with E-state index in [4.69, 9.17) is 0 Å². The monoisotopic (exact) mass is 321 g/mol. The maximum atomic E-state index is 12.4. The minimum Gasteiger partial charge on any atom is -0.506 e. The van der Waals surface area contributed by atoms with Crippen molar-refractivity contribution in [3.8, 4) is 11.5 Å². The van der Waals surface area contributed by atoms with Gasteiger partial charge in [0, 0.05) is 0 Å². The molecule has 0 bridgehead atoms. The fourth-order valence-electron chi connectivity index (χ4n) is 2.14. The van der Waals surface area contributed by atoms with Gasteiger partial charge in [0.05, 0.1) is 5.69 Å². The van der Waals surface area contributed by atoms with Crippen molar-refractivity contribution in [1.82, 2.24) is 0 Å². The van der Waals surface area contributed by atoms with E-state index in [2.05, 4.69) is 18.6 Å². The summed E-state index contributed by atoms with van der Waals surface area (Å²) in [6.45, 7) is 5.91. The predicted molar refractivity (Wildman–Crippen MR) is 85.8 cm³/mol. The van der Waals surface area contributed by atoms with Crippen LogP contribution in [0.1, 0.15) is 30.9 Å². The normalized spacial score (nSPS) is 11.6. The number of hydrogen-bond acceptors (Lipinski definition) is 4. The lowest BCUT2D eigenvalue weighted by Gasteiger charge is -2.14. The molecule has 2 rings (SSSR count). The summed E-state index contributed by atoms with van der Waals surface area (Å²) in [5, 5.41) is 19.4. The summed E-state index contributed by atoms with van der Waals surface area (Å²) in [5.74, 6) is -0.653. The largest absolute Gasteiger partial charge is 0.506 e. The lowest BCUT2D eigenvalue weighted by atomic mass is 10.0. The Morgan fingerprint density at radius 2 is 1.64 bits per heavy atom. The van der Waals surface area contributed by atoms with Crippen LogP contribution in [0.15, 0.2) is 41.3 Å². The molecule has 118 valence electrons. The Morgan fingerprint density at radius 3 is 2.14 bits per heavy atom. The van der Waals surface area contributed by atoms with Crippen LogP contribution in [0.25, 0.3) is 0 Å². The number of anilines is 1. The van der Waals surface area contributed by atoms with Crippen LogP contribution in [0.2, 0.25) is 0 Å². The first-order valence-corrected chi connectivity index (χ1v) is 8.35. The van der Waals surface area contributed by atoms with Crippen molar-refractivity contribution in [2.45, 2.75) is 31.6 Å². The molecule has 0 spiro atoms. The molecule has 0 amide bonds. The van der Waals surface area contributed by atoms with Crippen molar-refractivity contribution in [2.24, 2.45) is 0 Å². The fraction of sp³-hybridized carbons (Fsp3) is 0.250. The second kappa shape index (κ2) is 5.88. The predicted octanol–water partition coefficient (Wildman–Crippen LogP) is 3.33. The highest BCUT2D eigenvalue weighted by molar-refractivity contribution is 7.93. The molecule has 6 heteroatoms. The maximum Gasteiger partial charge on any atom is 0.269 e. The van der Waals surface area contributed by atoms with Crippen LogP contribution in [0, 0.1) is 6.92 Å². The average Bonchev–Trinajstić information content (AvgIpc) is 2.40. The van der Waals surface area contributed by atoms with Gasteiger partial charge in [-0.05, 0) is 42.2 Å². The Balaban J connectivity index is 2.42. The summed E-state index contributed by atoms with van der Waals surface area (Å²) in [5.41, 5.74) is 2.28. The SMILES string of the molecule is Cc1cc(C(C)C)ccc1NS(=O)(=O)c1c(O)cccc1O. The maximum absolute atomic E-state index is 12.4. The van der Waals surface area contributed by atoms with Crippen molar-refractivity contribution in [3.63, 3.8) is 0 Å². The van der Waals surface area contributed by atoms with Crippen molar-refractivity contribution < 1.29 is 18.6 Å². The summed E-state index contributed by atoms with van der Waals surface area (Å²) in [4.78, 5) is -0.526. The number of nitrogens with one attached hydrogen (secondary N) is 1. The van der Waals surface area contributed by atoms with Crippen LogP contribution in [0.3, 0.4) is 0 Å². The van der Waals surface area contributed by atoms with Gasteiger partial charge in [-0.15, -0.1) is 0 Å². The molecule has 2 aromatic carbocycles. The Morgan fingerprint density at radius 1 is 1.05 bits per heavy atom. The molecular weight excluding hydrogens is 302 g/mol. The topological polar surface area (TPSA) is 86.6 Å². The zero-order valence-corrected chi connectivity index (χ0v) is 13.5. The Bertz CT molecular complexity index is 778. The molecular formula is C16H19NO4S. The lowest BCUT2D eigenvalue weighted by Crippen LogP contribution is -2.14. The van der Waals surface area contributed by atoms with Gasteiger partial charge in [-0.25, -0.2) is 8.42 Å². The molecule has 0 aromatic heterocycles. The van der Waals surface area contributed by atoms with Gasteiger partial charge in [0.25, 0.3) is 10.0 Å². The van der Waals surface area contributed by atoms with E-state index in [0.717, 1.165) is 11.1 Å².